The van der Waals surface area contributed by atoms with Gasteiger partial charge in [-0.05, 0) is 43.4 Å². The molecule has 1 aromatic carbocycles. The van der Waals surface area contributed by atoms with Crippen LogP contribution in [0.5, 0.6) is 0 Å². The van der Waals surface area contributed by atoms with Crippen molar-refractivity contribution in [1.29, 1.82) is 0 Å². The number of nitrogens with two attached hydrogens (primary N) is 1. The molecule has 348 valence electrons. The number of likely N-dealkylation sites (N-methyl/N-ethyl adjacent to an activating group) is 2. The highest BCUT2D eigenvalue weighted by Crippen LogP contribution is 2.35. The fraction of sp³-hybridized carbons (Fsp3) is 0.591. The smallest absolute Gasteiger partial charge is 0.326 e. The number of thioether (sulfide) groups is 1. The molecule has 1 unspecified atom stereocenters. The zero-order valence-corrected chi connectivity index (χ0v) is 39.1. The summed E-state index contributed by atoms with van der Waals surface area (Å²) in [5.41, 5.74) is 6.19. The van der Waals surface area contributed by atoms with Crippen LogP contribution in [0, 0.1) is 11.3 Å². The number of carboxylic acid groups (broad SMARTS) is 2. The lowest BCUT2D eigenvalue weighted by Gasteiger charge is -2.39. The minimum atomic E-state index is -1.45. The van der Waals surface area contributed by atoms with Crippen LogP contribution in [-0.4, -0.2) is 140 Å². The predicted octanol–water partition coefficient (Wildman–Crippen LogP) is 1.74. The highest BCUT2D eigenvalue weighted by molar-refractivity contribution is 8.00. The normalized spacial score (nSPS) is 17.3. The topological polar surface area (TPSA) is 263 Å². The second kappa shape index (κ2) is 21.9. The number of carboxylic acids is 2. The average Bonchev–Trinajstić information content (AvgIpc) is 3.69. The molecule has 0 radical (unpaired) electrons. The van der Waals surface area contributed by atoms with Gasteiger partial charge in [-0.2, -0.15) is 0 Å². The van der Waals surface area contributed by atoms with Crippen molar-refractivity contribution in [2.24, 2.45) is 24.1 Å². The van der Waals surface area contributed by atoms with Crippen molar-refractivity contribution < 1.29 is 48.6 Å². The lowest BCUT2D eigenvalue weighted by atomic mass is 9.76. The van der Waals surface area contributed by atoms with Gasteiger partial charge in [0.05, 0.1) is 17.3 Å². The van der Waals surface area contributed by atoms with E-state index >= 15 is 0 Å². The standard InChI is InChI=1S/C44H66N8O10S/c1-24(2)31(51(11)40(58)36(43(4,5)6)49-38(56)35(46-9)44(7,8)27-22-50(10)30-15-13-12-14-26(27)30)20-25(3)37(55)48-29(42(61)62)16-17-33(53)47-18-19-52-34(54)21-32(39(52)57)63-23-28(45)41(59)60/h12-15,20,22,24,28-29,31-32,35-36,46H,16-19,21,23,45H2,1-11H3,(H,47,53)(H,48,55)(H,49,56)(H,59,60)(H,61,62)/b25-20+/t28-,29-,31+,32?,35+,36+/m0/s1. The average molecular weight is 899 g/mol. The number of amides is 6. The van der Waals surface area contributed by atoms with Crippen LogP contribution < -0.4 is 27.0 Å². The van der Waals surface area contributed by atoms with Gasteiger partial charge in [0, 0.05) is 73.9 Å². The third-order valence-corrected chi connectivity index (χ3v) is 12.8. The van der Waals surface area contributed by atoms with E-state index in [2.05, 4.69) is 21.3 Å². The number of imide groups is 1. The molecule has 1 aromatic heterocycles. The van der Waals surface area contributed by atoms with Crippen molar-refractivity contribution in [1.82, 2.24) is 35.6 Å². The number of nitrogens with zero attached hydrogens (tertiary/aromatic N) is 3. The number of fused-ring (bicyclic) bond motifs is 1. The zero-order valence-electron chi connectivity index (χ0n) is 38.2. The fourth-order valence-corrected chi connectivity index (χ4v) is 8.76. The van der Waals surface area contributed by atoms with Gasteiger partial charge in [-0.3, -0.25) is 38.5 Å². The first-order valence-corrected chi connectivity index (χ1v) is 22.0. The number of benzene rings is 1. The van der Waals surface area contributed by atoms with Crippen molar-refractivity contribution in [3.8, 4) is 0 Å². The SMILES string of the molecule is CN[C@H](C(=O)N[C@H](C(=O)N(C)[C@H](/C=C(\C)C(=O)N[C@@H](CCC(=O)NCCN1C(=O)CC(SC[C@H](N)C(=O)O)C1=O)C(=O)O)C(C)C)C(C)(C)C)C(C)(C)c1cn(C)c2ccccc12. The number of likely N-dealkylation sites (tertiary alicyclic amines) is 1. The number of carbonyl (C=O) groups excluding carboxylic acids is 6. The molecule has 63 heavy (non-hydrogen) atoms. The Balaban J connectivity index is 1.65. The molecular formula is C44H66N8O10S. The van der Waals surface area contributed by atoms with Crippen LogP contribution in [0.3, 0.4) is 0 Å². The van der Waals surface area contributed by atoms with Crippen LogP contribution in [0.25, 0.3) is 10.9 Å². The highest BCUT2D eigenvalue weighted by atomic mass is 32.2. The second-order valence-corrected chi connectivity index (χ2v) is 19.3. The molecular weight excluding hydrogens is 833 g/mol. The van der Waals surface area contributed by atoms with E-state index in [-0.39, 0.29) is 61.4 Å². The molecule has 1 saturated heterocycles. The Bertz CT molecular complexity index is 2080. The summed E-state index contributed by atoms with van der Waals surface area (Å²) in [6.07, 6.45) is 2.91. The highest BCUT2D eigenvalue weighted by Gasteiger charge is 2.43. The molecule has 0 bridgehead atoms. The van der Waals surface area contributed by atoms with Crippen LogP contribution in [0.1, 0.15) is 80.2 Å². The van der Waals surface area contributed by atoms with E-state index in [1.807, 2.05) is 90.5 Å². The predicted molar refractivity (Wildman–Crippen MR) is 240 cm³/mol. The van der Waals surface area contributed by atoms with E-state index in [0.717, 1.165) is 33.1 Å². The van der Waals surface area contributed by atoms with Crippen molar-refractivity contribution in [2.75, 3.05) is 32.9 Å². The summed E-state index contributed by atoms with van der Waals surface area (Å²) in [7, 11) is 5.26. The van der Waals surface area contributed by atoms with E-state index in [1.54, 1.807) is 20.2 Å². The summed E-state index contributed by atoms with van der Waals surface area (Å²) in [5.74, 6) is -5.88. The number of aryl methyl sites for hydroxylation is 1. The maximum atomic E-state index is 14.4. The molecule has 0 saturated carbocycles. The van der Waals surface area contributed by atoms with Crippen LogP contribution >= 0.6 is 11.8 Å². The Morgan fingerprint density at radius 2 is 1.63 bits per heavy atom. The Morgan fingerprint density at radius 1 is 1.00 bits per heavy atom. The molecule has 0 aliphatic carbocycles. The molecule has 1 fully saturated rings. The van der Waals surface area contributed by atoms with Crippen LogP contribution in [0.15, 0.2) is 42.1 Å². The van der Waals surface area contributed by atoms with Gasteiger partial charge in [-0.25, -0.2) is 4.79 Å². The molecule has 19 heteroatoms. The maximum Gasteiger partial charge on any atom is 0.326 e. The lowest BCUT2D eigenvalue weighted by molar-refractivity contribution is -0.142. The molecule has 2 heterocycles. The van der Waals surface area contributed by atoms with Crippen LogP contribution in [-0.2, 0) is 50.8 Å². The number of para-hydroxylation sites is 1. The van der Waals surface area contributed by atoms with E-state index in [0.29, 0.717) is 0 Å². The molecule has 1 aliphatic rings. The zero-order chi connectivity index (χ0) is 47.7. The van der Waals surface area contributed by atoms with Crippen molar-refractivity contribution in [2.45, 2.75) is 116 Å². The van der Waals surface area contributed by atoms with Gasteiger partial charge in [-0.15, -0.1) is 11.8 Å². The van der Waals surface area contributed by atoms with Gasteiger partial charge in [0.15, 0.2) is 0 Å². The van der Waals surface area contributed by atoms with Gasteiger partial charge in [0.25, 0.3) is 0 Å². The minimum absolute atomic E-state index is 0.0564. The molecule has 3 rings (SSSR count). The summed E-state index contributed by atoms with van der Waals surface area (Å²) in [6, 6.07) is 2.99. The third-order valence-electron chi connectivity index (χ3n) is 11.4. The summed E-state index contributed by atoms with van der Waals surface area (Å²) < 4.78 is 2.02. The Morgan fingerprint density at radius 3 is 2.21 bits per heavy atom. The molecule has 0 spiro atoms. The van der Waals surface area contributed by atoms with Gasteiger partial charge < -0.3 is 46.7 Å². The fourth-order valence-electron chi connectivity index (χ4n) is 7.65. The van der Waals surface area contributed by atoms with Gasteiger partial charge >= 0.3 is 11.9 Å². The summed E-state index contributed by atoms with van der Waals surface area (Å²) >= 11 is 0.976. The van der Waals surface area contributed by atoms with Crippen molar-refractivity contribution >= 4 is 70.0 Å². The van der Waals surface area contributed by atoms with E-state index < -0.39 is 81.9 Å². The van der Waals surface area contributed by atoms with Crippen LogP contribution in [0.4, 0.5) is 0 Å². The summed E-state index contributed by atoms with van der Waals surface area (Å²) in [5, 5.41) is 30.3. The van der Waals surface area contributed by atoms with Gasteiger partial charge in [0.1, 0.15) is 18.1 Å². The first kappa shape index (κ1) is 52.1. The Labute approximate surface area is 373 Å². The summed E-state index contributed by atoms with van der Waals surface area (Å²) in [6.45, 7) is 14.5. The monoisotopic (exact) mass is 898 g/mol. The molecule has 6 atom stereocenters. The first-order chi connectivity index (χ1) is 29.2. The molecule has 8 N–H and O–H groups in total. The number of aromatic nitrogens is 1. The Kier molecular flexibility index (Phi) is 18.1. The second-order valence-electron chi connectivity index (χ2n) is 18.1. The van der Waals surface area contributed by atoms with Crippen molar-refractivity contribution in [3.05, 3.63) is 47.7 Å². The van der Waals surface area contributed by atoms with Gasteiger partial charge in [-0.1, -0.05) is 72.7 Å². The van der Waals surface area contributed by atoms with E-state index in [4.69, 9.17) is 10.8 Å². The minimum Gasteiger partial charge on any atom is -0.480 e. The number of carbonyl (C=O) groups is 8. The molecule has 18 nitrogen and oxygen atoms in total. The molecule has 1 aliphatic heterocycles. The largest absolute Gasteiger partial charge is 0.480 e. The number of hydrogen-bond acceptors (Lipinski definition) is 11. The molecule has 6 amide bonds. The quantitative estimate of drug-likeness (QED) is 0.0657. The third kappa shape index (κ3) is 13.1. The molecule has 2 aromatic rings. The number of rotatable bonds is 22. The number of hydrogen-bond donors (Lipinski definition) is 7. The Hall–Kier alpha value is -5.27. The first-order valence-electron chi connectivity index (χ1n) is 21.0. The van der Waals surface area contributed by atoms with E-state index in [9.17, 15) is 43.5 Å². The van der Waals surface area contributed by atoms with E-state index in [1.165, 1.54) is 11.8 Å². The van der Waals surface area contributed by atoms with Crippen LogP contribution in [0.2, 0.25) is 0 Å². The van der Waals surface area contributed by atoms with Gasteiger partial charge in [0.2, 0.25) is 35.4 Å². The lowest BCUT2D eigenvalue weighted by Crippen LogP contribution is -2.61. The summed E-state index contributed by atoms with van der Waals surface area (Å²) in [4.78, 5) is 105. The number of nitrogens with one attached hydrogen (secondary N) is 4. The number of aliphatic carboxylic acids is 2. The van der Waals surface area contributed by atoms with Crippen molar-refractivity contribution in [3.63, 3.8) is 0 Å². The maximum absolute atomic E-state index is 14.4.